The maximum Gasteiger partial charge on any atom is 0.357 e. The standard InChI is InChI=1S/C26H24N2O6/c1-5-21(29)28-19-15-26(16-9-7-6-8-10-16,14-13-17(19)22(27-28)25(30)31)18-11-12-20(32-2)24(34-4)23(18)33-3/h5-14H,1,15H2,2-4H3,(H,30,31). The maximum absolute atomic E-state index is 12.6. The molecule has 1 aliphatic rings. The molecule has 0 bridgehead atoms. The summed E-state index contributed by atoms with van der Waals surface area (Å²) in [4.78, 5) is 24.5. The molecule has 0 saturated heterocycles. The number of benzene rings is 2. The van der Waals surface area contributed by atoms with Crippen molar-refractivity contribution in [1.29, 1.82) is 0 Å². The summed E-state index contributed by atoms with van der Waals surface area (Å²) in [5, 5.41) is 13.8. The SMILES string of the molecule is C=CC(=O)n1nc(C(=O)O)c2c1CC(c1ccccc1)(c1ccc(OC)c(OC)c1OC)C=C2. The Bertz CT molecular complexity index is 1310. The van der Waals surface area contributed by atoms with Crippen LogP contribution in [0.4, 0.5) is 0 Å². The lowest BCUT2D eigenvalue weighted by molar-refractivity contribution is 0.0689. The monoisotopic (exact) mass is 460 g/mol. The largest absolute Gasteiger partial charge is 0.493 e. The lowest BCUT2D eigenvalue weighted by atomic mass is 9.68. The van der Waals surface area contributed by atoms with Crippen LogP contribution in [0.25, 0.3) is 6.08 Å². The molecular weight excluding hydrogens is 436 g/mol. The minimum atomic E-state index is -1.22. The molecule has 1 N–H and O–H groups in total. The number of ether oxygens (including phenoxy) is 3. The second-order valence-electron chi connectivity index (χ2n) is 7.70. The van der Waals surface area contributed by atoms with Gasteiger partial charge in [-0.2, -0.15) is 9.78 Å². The van der Waals surface area contributed by atoms with Crippen LogP contribution in [0.5, 0.6) is 17.2 Å². The Morgan fingerprint density at radius 2 is 1.76 bits per heavy atom. The van der Waals surface area contributed by atoms with Crippen LogP contribution in [0, 0.1) is 0 Å². The Labute approximate surface area is 196 Å². The van der Waals surface area contributed by atoms with Crippen LogP contribution >= 0.6 is 0 Å². The number of fused-ring (bicyclic) bond motifs is 1. The minimum absolute atomic E-state index is 0.192. The number of hydrogen-bond donors (Lipinski definition) is 1. The molecule has 174 valence electrons. The zero-order valence-corrected chi connectivity index (χ0v) is 19.1. The highest BCUT2D eigenvalue weighted by Gasteiger charge is 2.42. The lowest BCUT2D eigenvalue weighted by Gasteiger charge is -2.36. The van der Waals surface area contributed by atoms with Crippen molar-refractivity contribution in [3.05, 3.63) is 89.3 Å². The Morgan fingerprint density at radius 1 is 1.06 bits per heavy atom. The van der Waals surface area contributed by atoms with Gasteiger partial charge in [0.25, 0.3) is 5.91 Å². The fraction of sp³-hybridized carbons (Fsp3) is 0.192. The number of carboxylic acids is 1. The number of methoxy groups -OCH3 is 3. The van der Waals surface area contributed by atoms with Gasteiger partial charge in [-0.3, -0.25) is 4.79 Å². The molecule has 0 fully saturated rings. The van der Waals surface area contributed by atoms with Crippen LogP contribution in [0.2, 0.25) is 0 Å². The van der Waals surface area contributed by atoms with Gasteiger partial charge in [0.05, 0.1) is 27.0 Å². The average molecular weight is 460 g/mol. The number of hydrogen-bond acceptors (Lipinski definition) is 6. The third kappa shape index (κ3) is 3.44. The highest BCUT2D eigenvalue weighted by Crippen LogP contribution is 2.50. The van der Waals surface area contributed by atoms with Gasteiger partial charge in [-0.1, -0.05) is 55.1 Å². The molecule has 1 heterocycles. The van der Waals surface area contributed by atoms with Gasteiger partial charge >= 0.3 is 5.97 Å². The summed E-state index contributed by atoms with van der Waals surface area (Å²) in [5.41, 5.74) is 1.50. The molecule has 8 nitrogen and oxygen atoms in total. The molecule has 1 aromatic heterocycles. The summed E-state index contributed by atoms with van der Waals surface area (Å²) in [6.07, 6.45) is 4.98. The Balaban J connectivity index is 2.05. The zero-order chi connectivity index (χ0) is 24.5. The number of nitrogens with zero attached hydrogens (tertiary/aromatic N) is 2. The molecule has 4 rings (SSSR count). The van der Waals surface area contributed by atoms with Gasteiger partial charge in [0, 0.05) is 23.0 Å². The van der Waals surface area contributed by atoms with Crippen LogP contribution < -0.4 is 14.2 Å². The molecule has 34 heavy (non-hydrogen) atoms. The van der Waals surface area contributed by atoms with Gasteiger partial charge in [-0.15, -0.1) is 0 Å². The van der Waals surface area contributed by atoms with Crippen LogP contribution in [-0.4, -0.2) is 48.1 Å². The van der Waals surface area contributed by atoms with Crippen LogP contribution in [-0.2, 0) is 11.8 Å². The summed E-state index contributed by atoms with van der Waals surface area (Å²) < 4.78 is 18.0. The molecule has 0 amide bonds. The molecule has 0 saturated carbocycles. The highest BCUT2D eigenvalue weighted by atomic mass is 16.5. The first kappa shape index (κ1) is 22.8. The molecule has 1 aliphatic carbocycles. The highest BCUT2D eigenvalue weighted by molar-refractivity contribution is 5.95. The average Bonchev–Trinajstić information content (AvgIpc) is 3.26. The molecule has 8 heteroatoms. The molecule has 3 aromatic rings. The van der Waals surface area contributed by atoms with E-state index < -0.39 is 17.3 Å². The predicted molar refractivity (Wildman–Crippen MR) is 126 cm³/mol. The van der Waals surface area contributed by atoms with E-state index in [0.717, 1.165) is 21.9 Å². The van der Waals surface area contributed by atoms with E-state index in [-0.39, 0.29) is 12.1 Å². The Kier molecular flexibility index (Phi) is 5.98. The lowest BCUT2D eigenvalue weighted by Crippen LogP contribution is -2.33. The number of carboxylic acid groups (broad SMARTS) is 1. The van der Waals surface area contributed by atoms with E-state index in [9.17, 15) is 14.7 Å². The van der Waals surface area contributed by atoms with Crippen molar-refractivity contribution < 1.29 is 28.9 Å². The minimum Gasteiger partial charge on any atom is -0.493 e. The van der Waals surface area contributed by atoms with E-state index in [1.165, 1.54) is 7.11 Å². The first-order valence-electron chi connectivity index (χ1n) is 10.5. The molecule has 2 aromatic carbocycles. The third-order valence-electron chi connectivity index (χ3n) is 6.06. The van der Waals surface area contributed by atoms with Gasteiger partial charge in [0.15, 0.2) is 17.2 Å². The van der Waals surface area contributed by atoms with Gasteiger partial charge in [0.2, 0.25) is 5.75 Å². The number of allylic oxidation sites excluding steroid dienone is 2. The summed E-state index contributed by atoms with van der Waals surface area (Å²) >= 11 is 0. The summed E-state index contributed by atoms with van der Waals surface area (Å²) in [7, 11) is 4.63. The molecular formula is C26H24N2O6. The fourth-order valence-electron chi connectivity index (χ4n) is 4.51. The van der Waals surface area contributed by atoms with Gasteiger partial charge < -0.3 is 19.3 Å². The van der Waals surface area contributed by atoms with Crippen molar-refractivity contribution in [2.24, 2.45) is 0 Å². The van der Waals surface area contributed by atoms with E-state index in [4.69, 9.17) is 14.2 Å². The first-order chi connectivity index (χ1) is 16.4. The number of carbonyl (C=O) groups excluding carboxylic acids is 1. The Morgan fingerprint density at radius 3 is 2.35 bits per heavy atom. The zero-order valence-electron chi connectivity index (χ0n) is 19.1. The first-order valence-corrected chi connectivity index (χ1v) is 10.5. The van der Waals surface area contributed by atoms with Gasteiger partial charge in [-0.05, 0) is 17.7 Å². The van der Waals surface area contributed by atoms with Crippen molar-refractivity contribution in [2.45, 2.75) is 11.8 Å². The van der Waals surface area contributed by atoms with E-state index in [1.807, 2.05) is 42.5 Å². The number of aromatic carboxylic acids is 1. The van der Waals surface area contributed by atoms with Crippen LogP contribution in [0.3, 0.4) is 0 Å². The number of rotatable bonds is 7. The summed E-state index contributed by atoms with van der Waals surface area (Å²) in [5.74, 6) is -0.322. The van der Waals surface area contributed by atoms with E-state index in [1.54, 1.807) is 26.4 Å². The van der Waals surface area contributed by atoms with Crippen molar-refractivity contribution in [2.75, 3.05) is 21.3 Å². The van der Waals surface area contributed by atoms with Gasteiger partial charge in [-0.25, -0.2) is 4.79 Å². The number of aromatic nitrogens is 2. The smallest absolute Gasteiger partial charge is 0.357 e. The molecule has 1 unspecified atom stereocenters. The second-order valence-corrected chi connectivity index (χ2v) is 7.70. The van der Waals surface area contributed by atoms with Crippen molar-refractivity contribution >= 4 is 18.0 Å². The predicted octanol–water partition coefficient (Wildman–Crippen LogP) is 3.99. The van der Waals surface area contributed by atoms with Crippen molar-refractivity contribution in [3.8, 4) is 17.2 Å². The fourth-order valence-corrected chi connectivity index (χ4v) is 4.51. The molecule has 0 aliphatic heterocycles. The molecule has 0 spiro atoms. The topological polar surface area (TPSA) is 99.9 Å². The van der Waals surface area contributed by atoms with Crippen LogP contribution in [0.1, 0.15) is 37.7 Å². The van der Waals surface area contributed by atoms with Gasteiger partial charge in [0.1, 0.15) is 0 Å². The molecule has 0 radical (unpaired) electrons. The third-order valence-corrected chi connectivity index (χ3v) is 6.06. The normalized spacial score (nSPS) is 16.4. The second kappa shape index (κ2) is 8.90. The van der Waals surface area contributed by atoms with Crippen LogP contribution in [0.15, 0.2) is 61.2 Å². The van der Waals surface area contributed by atoms with E-state index in [0.29, 0.717) is 28.5 Å². The quantitative estimate of drug-likeness (QED) is 0.532. The molecule has 1 atom stereocenters. The maximum atomic E-state index is 12.6. The number of carbonyl (C=O) groups is 2. The summed E-state index contributed by atoms with van der Waals surface area (Å²) in [6, 6.07) is 13.4. The van der Waals surface area contributed by atoms with E-state index in [2.05, 4.69) is 11.7 Å². The van der Waals surface area contributed by atoms with Crippen molar-refractivity contribution in [1.82, 2.24) is 9.78 Å². The van der Waals surface area contributed by atoms with E-state index >= 15 is 0 Å². The Hall–Kier alpha value is -4.33. The summed E-state index contributed by atoms with van der Waals surface area (Å²) in [6.45, 7) is 3.54. The van der Waals surface area contributed by atoms with Crippen molar-refractivity contribution in [3.63, 3.8) is 0 Å².